The molecule has 0 spiro atoms. The minimum atomic E-state index is -4.10. The fourth-order valence-corrected chi connectivity index (χ4v) is 2.19. The second kappa shape index (κ2) is 5.17. The van der Waals surface area contributed by atoms with E-state index in [-0.39, 0.29) is 6.04 Å². The van der Waals surface area contributed by atoms with Gasteiger partial charge < -0.3 is 5.32 Å². The van der Waals surface area contributed by atoms with E-state index in [0.717, 1.165) is 5.82 Å². The highest BCUT2D eigenvalue weighted by Gasteiger charge is 2.32. The van der Waals surface area contributed by atoms with Crippen molar-refractivity contribution in [2.24, 2.45) is 7.05 Å². The summed E-state index contributed by atoms with van der Waals surface area (Å²) in [6, 6.07) is 2.08. The first-order valence-corrected chi connectivity index (χ1v) is 5.98. The Hall–Kier alpha value is -1.24. The van der Waals surface area contributed by atoms with E-state index in [9.17, 15) is 13.2 Å². The van der Waals surface area contributed by atoms with Gasteiger partial charge in [0.2, 0.25) is 0 Å². The van der Waals surface area contributed by atoms with Crippen molar-refractivity contribution < 1.29 is 13.2 Å². The maximum Gasteiger partial charge on any atom is 0.401 e. The van der Waals surface area contributed by atoms with Gasteiger partial charge >= 0.3 is 6.18 Å². The Morgan fingerprint density at radius 1 is 1.39 bits per heavy atom. The molecule has 1 aromatic heterocycles. The van der Waals surface area contributed by atoms with Crippen molar-refractivity contribution in [1.82, 2.24) is 14.7 Å². The molecule has 1 N–H and O–H groups in total. The molecule has 18 heavy (non-hydrogen) atoms. The van der Waals surface area contributed by atoms with Crippen LogP contribution in [0.1, 0.15) is 12.8 Å². The molecule has 1 aromatic rings. The summed E-state index contributed by atoms with van der Waals surface area (Å²) in [5, 5.41) is 7.44. The number of anilines is 1. The molecule has 0 aliphatic carbocycles. The van der Waals surface area contributed by atoms with E-state index < -0.39 is 12.7 Å². The van der Waals surface area contributed by atoms with Gasteiger partial charge in [0.1, 0.15) is 5.82 Å². The topological polar surface area (TPSA) is 33.1 Å². The summed E-state index contributed by atoms with van der Waals surface area (Å²) in [6.07, 6.45) is -0.832. The van der Waals surface area contributed by atoms with E-state index in [0.29, 0.717) is 25.9 Å². The number of likely N-dealkylation sites (tertiary alicyclic amines) is 1. The van der Waals surface area contributed by atoms with Crippen molar-refractivity contribution in [1.29, 1.82) is 0 Å². The lowest BCUT2D eigenvalue weighted by molar-refractivity contribution is -0.147. The Morgan fingerprint density at radius 3 is 2.56 bits per heavy atom. The van der Waals surface area contributed by atoms with E-state index in [1.807, 2.05) is 19.3 Å². The normalized spacial score (nSPS) is 19.1. The predicted molar refractivity (Wildman–Crippen MR) is 62.3 cm³/mol. The van der Waals surface area contributed by atoms with Crippen LogP contribution < -0.4 is 5.32 Å². The summed E-state index contributed by atoms with van der Waals surface area (Å²) in [5.74, 6) is 0.784. The van der Waals surface area contributed by atoms with Gasteiger partial charge in [-0.15, -0.1) is 0 Å². The summed E-state index contributed by atoms with van der Waals surface area (Å²) in [7, 11) is 1.83. The van der Waals surface area contributed by atoms with Gasteiger partial charge in [0.05, 0.1) is 6.54 Å². The highest BCUT2D eigenvalue weighted by molar-refractivity contribution is 5.33. The van der Waals surface area contributed by atoms with Gasteiger partial charge in [-0.1, -0.05) is 0 Å². The first-order chi connectivity index (χ1) is 8.42. The molecule has 0 saturated carbocycles. The van der Waals surface area contributed by atoms with Crippen LogP contribution >= 0.6 is 0 Å². The number of rotatable bonds is 3. The SMILES string of the molecule is Cn1ccc(NC2CCN(CC(F)(F)F)CC2)n1. The smallest absolute Gasteiger partial charge is 0.366 e. The van der Waals surface area contributed by atoms with Crippen LogP contribution in [0.5, 0.6) is 0 Å². The standard InChI is InChI=1S/C11H17F3N4/c1-17-5-4-10(16-17)15-9-2-6-18(7-3-9)8-11(12,13)14/h4-5,9H,2-3,6-8H2,1H3,(H,15,16). The van der Waals surface area contributed by atoms with Crippen LogP contribution in [0, 0.1) is 0 Å². The van der Waals surface area contributed by atoms with Gasteiger partial charge in [0.15, 0.2) is 0 Å². The maximum atomic E-state index is 12.2. The molecule has 0 unspecified atom stereocenters. The van der Waals surface area contributed by atoms with Crippen LogP contribution in [0.25, 0.3) is 0 Å². The second-order valence-corrected chi connectivity index (χ2v) is 4.68. The summed E-state index contributed by atoms with van der Waals surface area (Å²) < 4.78 is 38.3. The number of piperidine rings is 1. The third-order valence-electron chi connectivity index (χ3n) is 3.06. The lowest BCUT2D eigenvalue weighted by Gasteiger charge is -2.32. The summed E-state index contributed by atoms with van der Waals surface area (Å²) >= 11 is 0. The Balaban J connectivity index is 1.77. The fraction of sp³-hybridized carbons (Fsp3) is 0.727. The highest BCUT2D eigenvalue weighted by Crippen LogP contribution is 2.21. The lowest BCUT2D eigenvalue weighted by atomic mass is 10.1. The fourth-order valence-electron chi connectivity index (χ4n) is 2.19. The zero-order chi connectivity index (χ0) is 13.2. The van der Waals surface area contributed by atoms with Gasteiger partial charge in [0, 0.05) is 38.4 Å². The van der Waals surface area contributed by atoms with Crippen LogP contribution in [0.15, 0.2) is 12.3 Å². The number of nitrogens with zero attached hydrogens (tertiary/aromatic N) is 3. The van der Waals surface area contributed by atoms with E-state index in [1.165, 1.54) is 4.90 Å². The zero-order valence-electron chi connectivity index (χ0n) is 10.2. The van der Waals surface area contributed by atoms with E-state index in [2.05, 4.69) is 10.4 Å². The molecular weight excluding hydrogens is 245 g/mol. The molecule has 0 atom stereocenters. The molecule has 2 heterocycles. The largest absolute Gasteiger partial charge is 0.401 e. The average Bonchev–Trinajstić information content (AvgIpc) is 2.65. The Kier molecular flexibility index (Phi) is 3.79. The highest BCUT2D eigenvalue weighted by atomic mass is 19.4. The Bertz CT molecular complexity index is 380. The molecule has 0 aromatic carbocycles. The minimum Gasteiger partial charge on any atom is -0.366 e. The third-order valence-corrected chi connectivity index (χ3v) is 3.06. The molecule has 1 aliphatic heterocycles. The Morgan fingerprint density at radius 2 is 2.06 bits per heavy atom. The van der Waals surface area contributed by atoms with Gasteiger partial charge in [-0.3, -0.25) is 9.58 Å². The molecule has 0 bridgehead atoms. The van der Waals surface area contributed by atoms with Crippen molar-refractivity contribution in [2.45, 2.75) is 25.1 Å². The van der Waals surface area contributed by atoms with Crippen molar-refractivity contribution >= 4 is 5.82 Å². The number of aryl methyl sites for hydroxylation is 1. The summed E-state index contributed by atoms with van der Waals surface area (Å²) in [5.41, 5.74) is 0. The molecule has 4 nitrogen and oxygen atoms in total. The number of alkyl halides is 3. The van der Waals surface area contributed by atoms with Crippen molar-refractivity contribution in [3.8, 4) is 0 Å². The lowest BCUT2D eigenvalue weighted by Crippen LogP contribution is -2.43. The van der Waals surface area contributed by atoms with Crippen molar-refractivity contribution in [2.75, 3.05) is 25.0 Å². The molecule has 1 saturated heterocycles. The van der Waals surface area contributed by atoms with Gasteiger partial charge in [0.25, 0.3) is 0 Å². The van der Waals surface area contributed by atoms with Crippen LogP contribution in [0.3, 0.4) is 0 Å². The monoisotopic (exact) mass is 262 g/mol. The molecule has 0 radical (unpaired) electrons. The molecule has 7 heteroatoms. The number of halogens is 3. The predicted octanol–water partition coefficient (Wildman–Crippen LogP) is 1.86. The molecule has 1 fully saturated rings. The van der Waals surface area contributed by atoms with Crippen molar-refractivity contribution in [3.05, 3.63) is 12.3 Å². The summed E-state index contributed by atoms with van der Waals surface area (Å²) in [4.78, 5) is 1.45. The molecule has 2 rings (SSSR count). The van der Waals surface area contributed by atoms with Gasteiger partial charge in [-0.05, 0) is 12.8 Å². The number of hydrogen-bond acceptors (Lipinski definition) is 3. The molecule has 102 valence electrons. The number of nitrogens with one attached hydrogen (secondary N) is 1. The Labute approximate surface area is 104 Å². The van der Waals surface area contributed by atoms with E-state index in [1.54, 1.807) is 4.68 Å². The van der Waals surface area contributed by atoms with Crippen LogP contribution in [0.4, 0.5) is 19.0 Å². The average molecular weight is 262 g/mol. The quantitative estimate of drug-likeness (QED) is 0.902. The zero-order valence-corrected chi connectivity index (χ0v) is 10.2. The van der Waals surface area contributed by atoms with Crippen LogP contribution in [-0.4, -0.2) is 46.5 Å². The van der Waals surface area contributed by atoms with Gasteiger partial charge in [-0.2, -0.15) is 18.3 Å². The minimum absolute atomic E-state index is 0.212. The molecular formula is C11H17F3N4. The molecule has 1 aliphatic rings. The summed E-state index contributed by atoms with van der Waals surface area (Å²) in [6.45, 7) is 0.150. The van der Waals surface area contributed by atoms with Crippen LogP contribution in [-0.2, 0) is 7.05 Å². The van der Waals surface area contributed by atoms with Crippen LogP contribution in [0.2, 0.25) is 0 Å². The van der Waals surface area contributed by atoms with Crippen molar-refractivity contribution in [3.63, 3.8) is 0 Å². The second-order valence-electron chi connectivity index (χ2n) is 4.68. The number of hydrogen-bond donors (Lipinski definition) is 1. The third kappa shape index (κ3) is 3.90. The number of aromatic nitrogens is 2. The molecule has 0 amide bonds. The first kappa shape index (κ1) is 13.2. The van der Waals surface area contributed by atoms with E-state index in [4.69, 9.17) is 0 Å². The maximum absolute atomic E-state index is 12.2. The van der Waals surface area contributed by atoms with Gasteiger partial charge in [-0.25, -0.2) is 0 Å². The first-order valence-electron chi connectivity index (χ1n) is 5.98. The van der Waals surface area contributed by atoms with E-state index >= 15 is 0 Å².